The summed E-state index contributed by atoms with van der Waals surface area (Å²) in [4.78, 5) is 22.1. The maximum Gasteiger partial charge on any atom is 0.305 e. The molecule has 0 radical (unpaired) electrons. The molecule has 0 rings (SSSR count). The van der Waals surface area contributed by atoms with Crippen LogP contribution in [0.1, 0.15) is 122 Å². The van der Waals surface area contributed by atoms with Crippen molar-refractivity contribution in [2.45, 2.75) is 135 Å². The van der Waals surface area contributed by atoms with Crippen molar-refractivity contribution in [3.8, 4) is 0 Å². The zero-order valence-corrected chi connectivity index (χ0v) is 22.9. The van der Waals surface area contributed by atoms with Crippen molar-refractivity contribution in [1.29, 1.82) is 0 Å². The molecule has 7 heteroatoms. The quantitative estimate of drug-likeness (QED) is 0.0986. The summed E-state index contributed by atoms with van der Waals surface area (Å²) in [5.74, 6) is -1.33. The average Bonchev–Trinajstić information content (AvgIpc) is 2.84. The first kappa shape index (κ1) is 33.8. The highest BCUT2D eigenvalue weighted by Gasteiger charge is 2.14. The molecule has 0 aliphatic carbocycles. The predicted molar refractivity (Wildman–Crippen MR) is 140 cm³/mol. The molecule has 0 saturated carbocycles. The number of hydrogen-bond donors (Lipinski definition) is 1. The summed E-state index contributed by atoms with van der Waals surface area (Å²) < 4.78 is 21.7. The predicted octanol–water partition coefficient (Wildman–Crippen LogP) is 6.70. The molecule has 2 unspecified atom stereocenters. The van der Waals surface area contributed by atoms with Crippen LogP contribution in [0, 0.1) is 0 Å². The fourth-order valence-electron chi connectivity index (χ4n) is 3.99. The van der Waals surface area contributed by atoms with E-state index >= 15 is 0 Å². The number of esters is 1. The number of aliphatic carboxylic acids is 1. The van der Waals surface area contributed by atoms with Crippen molar-refractivity contribution < 1.29 is 33.6 Å². The lowest BCUT2D eigenvalue weighted by atomic mass is 10.0. The van der Waals surface area contributed by atoms with Gasteiger partial charge in [0.05, 0.1) is 19.3 Å². The molecular weight excluding hydrogens is 448 g/mol. The van der Waals surface area contributed by atoms with Gasteiger partial charge in [-0.25, -0.2) is 0 Å². The Labute approximate surface area is 214 Å². The van der Waals surface area contributed by atoms with Crippen LogP contribution >= 0.6 is 0 Å². The molecule has 2 atom stereocenters. The van der Waals surface area contributed by atoms with Crippen LogP contribution in [-0.2, 0) is 28.5 Å². The monoisotopic (exact) mass is 502 g/mol. The van der Waals surface area contributed by atoms with Crippen molar-refractivity contribution in [2.24, 2.45) is 0 Å². The number of ether oxygens (including phenoxy) is 4. The number of unbranched alkanes of at least 4 members (excludes halogenated alkanes) is 13. The Balaban J connectivity index is 3.63. The molecule has 0 aromatic carbocycles. The SMILES string of the molecule is CCCCCCCCCCCCCCCCC(COCC(COC(=O)CCCC(=O)O)OC)OC. The number of carbonyl (C=O) groups is 2. The summed E-state index contributed by atoms with van der Waals surface area (Å²) in [7, 11) is 3.26. The van der Waals surface area contributed by atoms with E-state index in [0.717, 1.165) is 12.8 Å². The molecule has 0 saturated heterocycles. The van der Waals surface area contributed by atoms with Gasteiger partial charge in [-0.1, -0.05) is 96.8 Å². The van der Waals surface area contributed by atoms with E-state index < -0.39 is 11.9 Å². The van der Waals surface area contributed by atoms with Crippen LogP contribution in [0.25, 0.3) is 0 Å². The van der Waals surface area contributed by atoms with Gasteiger partial charge in [-0.15, -0.1) is 0 Å². The molecule has 0 fully saturated rings. The van der Waals surface area contributed by atoms with Crippen LogP contribution in [0.2, 0.25) is 0 Å². The molecule has 0 aromatic rings. The van der Waals surface area contributed by atoms with E-state index in [1.54, 1.807) is 14.2 Å². The van der Waals surface area contributed by atoms with Gasteiger partial charge in [-0.2, -0.15) is 0 Å². The molecule has 208 valence electrons. The smallest absolute Gasteiger partial charge is 0.305 e. The maximum absolute atomic E-state index is 11.7. The minimum absolute atomic E-state index is 0.0381. The van der Waals surface area contributed by atoms with E-state index in [9.17, 15) is 9.59 Å². The van der Waals surface area contributed by atoms with Crippen molar-refractivity contribution in [3.63, 3.8) is 0 Å². The van der Waals surface area contributed by atoms with Gasteiger partial charge in [-0.3, -0.25) is 9.59 Å². The second kappa shape index (κ2) is 25.9. The van der Waals surface area contributed by atoms with Crippen molar-refractivity contribution >= 4 is 11.9 Å². The molecule has 0 aliphatic rings. The second-order valence-corrected chi connectivity index (χ2v) is 9.57. The van der Waals surface area contributed by atoms with Crippen molar-refractivity contribution in [3.05, 3.63) is 0 Å². The first-order valence-corrected chi connectivity index (χ1v) is 14.0. The lowest BCUT2D eigenvalue weighted by Crippen LogP contribution is -2.28. The van der Waals surface area contributed by atoms with Crippen LogP contribution in [0.3, 0.4) is 0 Å². The lowest BCUT2D eigenvalue weighted by molar-refractivity contribution is -0.149. The largest absolute Gasteiger partial charge is 0.481 e. The van der Waals surface area contributed by atoms with Crippen LogP contribution < -0.4 is 0 Å². The third kappa shape index (κ3) is 24.3. The molecule has 7 nitrogen and oxygen atoms in total. The Kier molecular flexibility index (Phi) is 25.0. The van der Waals surface area contributed by atoms with E-state index in [1.165, 1.54) is 83.5 Å². The van der Waals surface area contributed by atoms with E-state index in [2.05, 4.69) is 6.92 Å². The van der Waals surface area contributed by atoms with Gasteiger partial charge in [-0.05, 0) is 12.8 Å². The minimum atomic E-state index is -0.914. The molecular formula is C28H54O7. The number of methoxy groups -OCH3 is 2. The van der Waals surface area contributed by atoms with E-state index in [-0.39, 0.29) is 38.1 Å². The molecule has 1 N–H and O–H groups in total. The molecule has 0 spiro atoms. The van der Waals surface area contributed by atoms with E-state index in [0.29, 0.717) is 13.2 Å². The molecule has 35 heavy (non-hydrogen) atoms. The van der Waals surface area contributed by atoms with Gasteiger partial charge in [0, 0.05) is 27.1 Å². The van der Waals surface area contributed by atoms with Gasteiger partial charge < -0.3 is 24.1 Å². The zero-order valence-electron chi connectivity index (χ0n) is 22.9. The van der Waals surface area contributed by atoms with Gasteiger partial charge in [0.25, 0.3) is 0 Å². The Morgan fingerprint density at radius 2 is 1.11 bits per heavy atom. The van der Waals surface area contributed by atoms with Gasteiger partial charge in [0.15, 0.2) is 0 Å². The normalized spacial score (nSPS) is 13.0. The molecule has 0 amide bonds. The third-order valence-electron chi connectivity index (χ3n) is 6.36. The Morgan fingerprint density at radius 3 is 1.60 bits per heavy atom. The highest BCUT2D eigenvalue weighted by molar-refractivity contribution is 5.71. The van der Waals surface area contributed by atoms with E-state index in [1.807, 2.05) is 0 Å². The second-order valence-electron chi connectivity index (χ2n) is 9.57. The summed E-state index contributed by atoms with van der Waals surface area (Å²) in [6.45, 7) is 3.17. The van der Waals surface area contributed by atoms with Crippen molar-refractivity contribution in [2.75, 3.05) is 34.0 Å². The third-order valence-corrected chi connectivity index (χ3v) is 6.36. The lowest BCUT2D eigenvalue weighted by Gasteiger charge is -2.19. The fourth-order valence-corrected chi connectivity index (χ4v) is 3.99. The summed E-state index contributed by atoms with van der Waals surface area (Å²) in [5, 5.41) is 8.61. The zero-order chi connectivity index (χ0) is 26.0. The molecule has 0 aliphatic heterocycles. The summed E-state index contributed by atoms with van der Waals surface area (Å²) in [6.07, 6.45) is 19.9. The van der Waals surface area contributed by atoms with Crippen LogP contribution in [0.4, 0.5) is 0 Å². The Hall–Kier alpha value is -1.18. The first-order chi connectivity index (χ1) is 17.0. The Morgan fingerprint density at radius 1 is 0.629 bits per heavy atom. The highest BCUT2D eigenvalue weighted by atomic mass is 16.6. The highest BCUT2D eigenvalue weighted by Crippen LogP contribution is 2.14. The maximum atomic E-state index is 11.7. The number of carboxylic acid groups (broad SMARTS) is 1. The first-order valence-electron chi connectivity index (χ1n) is 14.0. The topological polar surface area (TPSA) is 91.3 Å². The summed E-state index contributed by atoms with van der Waals surface area (Å²) in [6, 6.07) is 0. The van der Waals surface area contributed by atoms with Crippen molar-refractivity contribution in [1.82, 2.24) is 0 Å². The number of rotatable bonds is 27. The fraction of sp³-hybridized carbons (Fsp3) is 0.929. The molecule has 0 bridgehead atoms. The summed E-state index contributed by atoms with van der Waals surface area (Å²) in [5.41, 5.74) is 0. The summed E-state index contributed by atoms with van der Waals surface area (Å²) >= 11 is 0. The van der Waals surface area contributed by atoms with Gasteiger partial charge in [0.2, 0.25) is 0 Å². The van der Waals surface area contributed by atoms with Crippen LogP contribution in [0.5, 0.6) is 0 Å². The minimum Gasteiger partial charge on any atom is -0.481 e. The Bertz CT molecular complexity index is 484. The molecule has 0 aromatic heterocycles. The van der Waals surface area contributed by atoms with E-state index in [4.69, 9.17) is 24.1 Å². The molecule has 0 heterocycles. The van der Waals surface area contributed by atoms with Gasteiger partial charge in [0.1, 0.15) is 12.7 Å². The van der Waals surface area contributed by atoms with Crippen LogP contribution in [-0.4, -0.2) is 63.3 Å². The van der Waals surface area contributed by atoms with Gasteiger partial charge >= 0.3 is 11.9 Å². The number of carbonyl (C=O) groups excluding carboxylic acids is 1. The number of hydrogen-bond acceptors (Lipinski definition) is 6. The average molecular weight is 503 g/mol. The van der Waals surface area contributed by atoms with Crippen LogP contribution in [0.15, 0.2) is 0 Å². The standard InChI is InChI=1S/C28H54O7/c1-4-5-6-7-8-9-10-11-12-13-14-15-16-17-19-25(32-2)22-34-23-26(33-3)24-35-28(31)21-18-20-27(29)30/h25-26H,4-24H2,1-3H3,(H,29,30). The number of carboxylic acids is 1.